The van der Waals surface area contributed by atoms with Gasteiger partial charge in [0.2, 0.25) is 0 Å². The summed E-state index contributed by atoms with van der Waals surface area (Å²) in [6.45, 7) is 2.48. The zero-order valence-corrected chi connectivity index (χ0v) is 25.2. The van der Waals surface area contributed by atoms with Gasteiger partial charge in [-0.2, -0.15) is 0 Å². The monoisotopic (exact) mass is 621 g/mol. The summed E-state index contributed by atoms with van der Waals surface area (Å²) in [5.74, 6) is -4.50. The van der Waals surface area contributed by atoms with Gasteiger partial charge in [-0.15, -0.1) is 0 Å². The maximum Gasteiger partial charge on any atom is 0.326 e. The van der Waals surface area contributed by atoms with Gasteiger partial charge in [-0.3, -0.25) is 14.7 Å². The average molecular weight is 622 g/mol. The van der Waals surface area contributed by atoms with E-state index in [-0.39, 0.29) is 43.5 Å². The number of benzene rings is 3. The number of carbonyl (C=O) groups is 2. The quantitative estimate of drug-likeness (QED) is 0.223. The van der Waals surface area contributed by atoms with Crippen LogP contribution in [0, 0.1) is 12.7 Å². The van der Waals surface area contributed by atoms with Crippen LogP contribution in [0.2, 0.25) is 0 Å². The molecule has 1 amide bonds. The second kappa shape index (κ2) is 13.2. The minimum atomic E-state index is -2.65. The molecule has 2 heterocycles. The van der Waals surface area contributed by atoms with E-state index in [2.05, 4.69) is 10.3 Å². The molecule has 1 saturated heterocycles. The van der Waals surface area contributed by atoms with E-state index in [1.165, 1.54) is 13.1 Å². The first-order valence-electron chi connectivity index (χ1n) is 14.5. The summed E-state index contributed by atoms with van der Waals surface area (Å²) in [7, 11) is 3.10. The van der Waals surface area contributed by atoms with E-state index >= 15 is 0 Å². The first kappa shape index (κ1) is 31.8. The highest BCUT2D eigenvalue weighted by molar-refractivity contribution is 6.02. The van der Waals surface area contributed by atoms with Crippen LogP contribution in [-0.4, -0.2) is 66.1 Å². The molecule has 45 heavy (non-hydrogen) atoms. The first-order chi connectivity index (χ1) is 21.5. The SMILES string of the molecule is COc1ccc(CN2CCC(F)(F)CC2)c(OC)c1-c1cccc2c(C[C@H](NC(=O)c3c(C)cncc3F)C(=O)O)cccc12. The van der Waals surface area contributed by atoms with E-state index in [4.69, 9.17) is 9.47 Å². The highest BCUT2D eigenvalue weighted by atomic mass is 19.3. The summed E-state index contributed by atoms with van der Waals surface area (Å²) < 4.78 is 53.6. The first-order valence-corrected chi connectivity index (χ1v) is 14.5. The molecule has 0 bridgehead atoms. The lowest BCUT2D eigenvalue weighted by Crippen LogP contribution is -2.42. The van der Waals surface area contributed by atoms with Gasteiger partial charge in [0.1, 0.15) is 17.5 Å². The fraction of sp³-hybridized carbons (Fsp3) is 0.324. The fourth-order valence-electron chi connectivity index (χ4n) is 5.91. The van der Waals surface area contributed by atoms with E-state index in [9.17, 15) is 27.9 Å². The Bertz CT molecular complexity index is 1720. The van der Waals surface area contributed by atoms with Crippen molar-refractivity contribution >= 4 is 22.6 Å². The predicted molar refractivity (Wildman–Crippen MR) is 163 cm³/mol. The fourth-order valence-corrected chi connectivity index (χ4v) is 5.91. The van der Waals surface area contributed by atoms with Crippen LogP contribution in [-0.2, 0) is 17.8 Å². The molecule has 0 saturated carbocycles. The number of alkyl halides is 2. The highest BCUT2D eigenvalue weighted by Crippen LogP contribution is 2.44. The molecule has 4 aromatic rings. The molecule has 0 radical (unpaired) electrons. The summed E-state index contributed by atoms with van der Waals surface area (Å²) >= 11 is 0. The molecule has 1 aliphatic rings. The average Bonchev–Trinajstić information content (AvgIpc) is 3.01. The largest absolute Gasteiger partial charge is 0.496 e. The molecule has 8 nitrogen and oxygen atoms in total. The summed E-state index contributed by atoms with van der Waals surface area (Å²) in [4.78, 5) is 30.9. The minimum Gasteiger partial charge on any atom is -0.496 e. The molecule has 0 unspecified atom stereocenters. The van der Waals surface area contributed by atoms with Crippen molar-refractivity contribution in [2.45, 2.75) is 44.7 Å². The molecule has 1 atom stereocenters. The molecular weight excluding hydrogens is 587 g/mol. The second-order valence-corrected chi connectivity index (χ2v) is 11.2. The number of nitrogens with zero attached hydrogens (tertiary/aromatic N) is 2. The van der Waals surface area contributed by atoms with Crippen LogP contribution in [0.3, 0.4) is 0 Å². The van der Waals surface area contributed by atoms with Crippen LogP contribution in [0.4, 0.5) is 13.2 Å². The van der Waals surface area contributed by atoms with Crippen molar-refractivity contribution in [1.82, 2.24) is 15.2 Å². The van der Waals surface area contributed by atoms with Crippen molar-refractivity contribution < 1.29 is 37.3 Å². The van der Waals surface area contributed by atoms with Gasteiger partial charge in [-0.1, -0.05) is 42.5 Å². The number of carboxylic acids is 1. The lowest BCUT2D eigenvalue weighted by atomic mass is 9.91. The van der Waals surface area contributed by atoms with Gasteiger partial charge in [-0.25, -0.2) is 18.0 Å². The Labute approximate surface area is 258 Å². The van der Waals surface area contributed by atoms with Crippen molar-refractivity contribution in [1.29, 1.82) is 0 Å². The van der Waals surface area contributed by atoms with Gasteiger partial charge in [0.05, 0.1) is 31.5 Å². The topological polar surface area (TPSA) is 101 Å². The summed E-state index contributed by atoms with van der Waals surface area (Å²) in [5.41, 5.74) is 2.94. The zero-order chi connectivity index (χ0) is 32.3. The third-order valence-electron chi connectivity index (χ3n) is 8.23. The van der Waals surface area contributed by atoms with Crippen LogP contribution in [0.5, 0.6) is 11.5 Å². The molecule has 0 spiro atoms. The normalized spacial score (nSPS) is 15.4. The third-order valence-corrected chi connectivity index (χ3v) is 8.23. The van der Waals surface area contributed by atoms with Gasteiger partial charge >= 0.3 is 5.97 Å². The predicted octanol–water partition coefficient (Wildman–Crippen LogP) is 6.02. The number of fused-ring (bicyclic) bond motifs is 1. The van der Waals surface area contributed by atoms with Gasteiger partial charge in [-0.05, 0) is 40.5 Å². The molecule has 5 rings (SSSR count). The Hall–Kier alpha value is -4.64. The standard InChI is InChI=1S/C34H34F3N3O5/c1-20-17-38-18-26(35)29(20)32(41)39-27(33(42)43)16-21-6-4-8-24-23(21)7-5-9-25(24)30-28(44-2)11-10-22(31(30)45-3)19-40-14-12-34(36,37)13-15-40/h4-11,17-18,27H,12-16,19H2,1-3H3,(H,39,41)(H,42,43)/t27-/m0/s1. The number of halogens is 3. The minimum absolute atomic E-state index is 0.0679. The Morgan fingerprint density at radius 3 is 2.38 bits per heavy atom. The van der Waals surface area contributed by atoms with Crippen molar-refractivity contribution in [3.63, 3.8) is 0 Å². The Kier molecular flexibility index (Phi) is 9.29. The molecule has 2 N–H and O–H groups in total. The Morgan fingerprint density at radius 1 is 1.00 bits per heavy atom. The van der Waals surface area contributed by atoms with Gasteiger partial charge in [0.15, 0.2) is 5.82 Å². The number of likely N-dealkylation sites (tertiary alicyclic amines) is 1. The number of rotatable bonds is 10. The van der Waals surface area contributed by atoms with E-state index < -0.39 is 29.7 Å². The Balaban J connectivity index is 1.51. The number of carbonyl (C=O) groups excluding carboxylic acids is 1. The number of aromatic nitrogens is 1. The van der Waals surface area contributed by atoms with Crippen molar-refractivity contribution in [3.05, 3.63) is 89.0 Å². The van der Waals surface area contributed by atoms with Crippen molar-refractivity contribution in [2.75, 3.05) is 27.3 Å². The number of aliphatic carboxylic acids is 1. The van der Waals surface area contributed by atoms with Crippen molar-refractivity contribution in [3.8, 4) is 22.6 Å². The maximum atomic E-state index is 14.4. The molecule has 1 aromatic heterocycles. The molecule has 3 aromatic carbocycles. The maximum absolute atomic E-state index is 14.4. The number of hydrogen-bond acceptors (Lipinski definition) is 6. The number of hydrogen-bond donors (Lipinski definition) is 2. The van der Waals surface area contributed by atoms with Crippen LogP contribution < -0.4 is 14.8 Å². The number of aryl methyl sites for hydroxylation is 1. The summed E-state index contributed by atoms with van der Waals surface area (Å²) in [5, 5.41) is 14.0. The van der Waals surface area contributed by atoms with Crippen LogP contribution in [0.1, 0.15) is 39.9 Å². The lowest BCUT2D eigenvalue weighted by Gasteiger charge is -2.32. The molecule has 236 valence electrons. The number of amides is 1. The molecule has 11 heteroatoms. The number of carboxylic acid groups (broad SMARTS) is 1. The Morgan fingerprint density at radius 2 is 1.71 bits per heavy atom. The number of piperidine rings is 1. The molecule has 1 fully saturated rings. The number of nitrogens with one attached hydrogen (secondary N) is 1. The molecule has 1 aliphatic heterocycles. The third kappa shape index (κ3) is 6.73. The molecule has 0 aliphatic carbocycles. The van der Waals surface area contributed by atoms with Gasteiger partial charge in [0.25, 0.3) is 11.8 Å². The van der Waals surface area contributed by atoms with E-state index in [1.54, 1.807) is 26.4 Å². The van der Waals surface area contributed by atoms with E-state index in [0.29, 0.717) is 29.2 Å². The summed E-state index contributed by atoms with van der Waals surface area (Å²) in [6, 6.07) is 13.4. The van der Waals surface area contributed by atoms with Gasteiger partial charge < -0.3 is 19.9 Å². The smallest absolute Gasteiger partial charge is 0.326 e. The summed E-state index contributed by atoms with van der Waals surface area (Å²) in [6.07, 6.45) is 1.79. The van der Waals surface area contributed by atoms with Crippen molar-refractivity contribution in [2.24, 2.45) is 0 Å². The number of pyridine rings is 1. The van der Waals surface area contributed by atoms with Crippen LogP contribution in [0.25, 0.3) is 21.9 Å². The zero-order valence-electron chi connectivity index (χ0n) is 25.2. The van der Waals surface area contributed by atoms with Crippen LogP contribution in [0.15, 0.2) is 60.9 Å². The molecular formula is C34H34F3N3O5. The van der Waals surface area contributed by atoms with Gasteiger partial charge in [0, 0.05) is 50.7 Å². The van der Waals surface area contributed by atoms with E-state index in [1.807, 2.05) is 41.3 Å². The number of methoxy groups -OCH3 is 2. The lowest BCUT2D eigenvalue weighted by molar-refractivity contribution is -0.139. The number of ether oxygens (including phenoxy) is 2. The second-order valence-electron chi connectivity index (χ2n) is 11.2. The highest BCUT2D eigenvalue weighted by Gasteiger charge is 2.34. The van der Waals surface area contributed by atoms with Crippen LogP contribution >= 0.6 is 0 Å². The van der Waals surface area contributed by atoms with E-state index in [0.717, 1.165) is 28.1 Å².